The molecule has 0 atom stereocenters. The monoisotopic (exact) mass is 236 g/mol. The van der Waals surface area contributed by atoms with Crippen LogP contribution in [-0.2, 0) is 0 Å². The first-order valence-electron chi connectivity index (χ1n) is 6.34. The first-order chi connectivity index (χ1) is 7.79. The molecule has 1 rings (SSSR count). The van der Waals surface area contributed by atoms with Crippen LogP contribution in [0.15, 0.2) is 30.3 Å². The summed E-state index contributed by atoms with van der Waals surface area (Å²) in [6.45, 7) is 8.72. The zero-order valence-corrected chi connectivity index (χ0v) is 11.7. The van der Waals surface area contributed by atoms with Crippen LogP contribution in [0.3, 0.4) is 0 Å². The minimum Gasteiger partial charge on any atom is -0.322 e. The Kier molecular flexibility index (Phi) is 5.73. The van der Waals surface area contributed by atoms with E-state index < -0.39 is 8.40 Å². The Balaban J connectivity index is 2.99. The lowest BCUT2D eigenvalue weighted by Gasteiger charge is -2.33. The Morgan fingerprint density at radius 2 is 1.50 bits per heavy atom. The topological polar surface area (TPSA) is 24.1 Å². The lowest BCUT2D eigenvalue weighted by molar-refractivity contribution is 0.836. The van der Waals surface area contributed by atoms with Crippen LogP contribution in [0.2, 0.25) is 6.04 Å². The molecule has 0 spiro atoms. The van der Waals surface area contributed by atoms with Crippen molar-refractivity contribution < 1.29 is 0 Å². The van der Waals surface area contributed by atoms with E-state index in [9.17, 15) is 0 Å². The SMILES string of the molecule is CCC[Si](NCC)(NCC)c1ccccc1. The second-order valence-corrected chi connectivity index (χ2v) is 7.68. The molecule has 3 heteroatoms. The van der Waals surface area contributed by atoms with E-state index >= 15 is 0 Å². The van der Waals surface area contributed by atoms with Gasteiger partial charge >= 0.3 is 0 Å². The van der Waals surface area contributed by atoms with Crippen LogP contribution in [0, 0.1) is 0 Å². The van der Waals surface area contributed by atoms with Crippen molar-refractivity contribution in [2.24, 2.45) is 0 Å². The van der Waals surface area contributed by atoms with E-state index in [0.717, 1.165) is 13.1 Å². The molecule has 0 heterocycles. The first-order valence-corrected chi connectivity index (χ1v) is 8.55. The van der Waals surface area contributed by atoms with Gasteiger partial charge in [-0.05, 0) is 24.3 Å². The number of nitrogens with one attached hydrogen (secondary N) is 2. The van der Waals surface area contributed by atoms with Crippen LogP contribution in [0.1, 0.15) is 27.2 Å². The van der Waals surface area contributed by atoms with Gasteiger partial charge in [0.1, 0.15) is 0 Å². The number of hydrogen-bond acceptors (Lipinski definition) is 2. The van der Waals surface area contributed by atoms with E-state index in [1.807, 2.05) is 0 Å². The molecule has 16 heavy (non-hydrogen) atoms. The summed E-state index contributed by atoms with van der Waals surface area (Å²) in [5.41, 5.74) is 0. The predicted molar refractivity (Wildman–Crippen MR) is 74.3 cm³/mol. The second kappa shape index (κ2) is 6.84. The highest BCUT2D eigenvalue weighted by Gasteiger charge is 2.32. The maximum atomic E-state index is 3.74. The van der Waals surface area contributed by atoms with Crippen molar-refractivity contribution in [2.75, 3.05) is 13.1 Å². The highest BCUT2D eigenvalue weighted by Crippen LogP contribution is 2.06. The minimum absolute atomic E-state index is 1.04. The third-order valence-corrected chi connectivity index (χ3v) is 7.33. The molecule has 0 aliphatic rings. The van der Waals surface area contributed by atoms with Gasteiger partial charge in [-0.3, -0.25) is 0 Å². The van der Waals surface area contributed by atoms with Gasteiger partial charge in [0.05, 0.1) is 0 Å². The van der Waals surface area contributed by atoms with Gasteiger partial charge in [0, 0.05) is 0 Å². The van der Waals surface area contributed by atoms with Gasteiger partial charge in [0.2, 0.25) is 8.40 Å². The van der Waals surface area contributed by atoms with Crippen LogP contribution in [0.25, 0.3) is 0 Å². The van der Waals surface area contributed by atoms with Gasteiger partial charge in [-0.2, -0.15) is 0 Å². The van der Waals surface area contributed by atoms with Crippen molar-refractivity contribution in [3.8, 4) is 0 Å². The van der Waals surface area contributed by atoms with E-state index in [4.69, 9.17) is 0 Å². The number of rotatable bonds is 7. The smallest absolute Gasteiger partial charge is 0.234 e. The quantitative estimate of drug-likeness (QED) is 0.707. The van der Waals surface area contributed by atoms with Crippen molar-refractivity contribution >= 4 is 13.6 Å². The third kappa shape index (κ3) is 3.17. The lowest BCUT2D eigenvalue weighted by atomic mass is 10.4. The fraction of sp³-hybridized carbons (Fsp3) is 0.538. The first kappa shape index (κ1) is 13.4. The largest absolute Gasteiger partial charge is 0.322 e. The summed E-state index contributed by atoms with van der Waals surface area (Å²) in [5.74, 6) is 0. The molecule has 0 radical (unpaired) electrons. The summed E-state index contributed by atoms with van der Waals surface area (Å²) in [7, 11) is -1.67. The molecule has 0 amide bonds. The fourth-order valence-corrected chi connectivity index (χ4v) is 6.18. The van der Waals surface area contributed by atoms with Crippen LogP contribution in [0.4, 0.5) is 0 Å². The Morgan fingerprint density at radius 1 is 0.938 bits per heavy atom. The van der Waals surface area contributed by atoms with E-state index in [1.165, 1.54) is 17.7 Å². The summed E-state index contributed by atoms with van der Waals surface area (Å²) in [6, 6.07) is 12.1. The van der Waals surface area contributed by atoms with Crippen LogP contribution >= 0.6 is 0 Å². The zero-order chi connectivity index (χ0) is 11.9. The molecule has 90 valence electrons. The summed E-state index contributed by atoms with van der Waals surface area (Å²) in [5, 5.41) is 1.47. The van der Waals surface area contributed by atoms with E-state index in [0.29, 0.717) is 0 Å². The molecule has 0 aliphatic heterocycles. The summed E-state index contributed by atoms with van der Waals surface area (Å²) < 4.78 is 0. The average molecular weight is 236 g/mol. The molecular formula is C13H24N2Si. The Hall–Kier alpha value is -0.643. The Bertz CT molecular complexity index is 270. The van der Waals surface area contributed by atoms with Gasteiger partial charge in [-0.1, -0.05) is 57.5 Å². The van der Waals surface area contributed by atoms with E-state index in [2.05, 4.69) is 61.1 Å². The maximum Gasteiger partial charge on any atom is 0.234 e. The third-order valence-electron chi connectivity index (χ3n) is 2.85. The Morgan fingerprint density at radius 3 is 1.94 bits per heavy atom. The van der Waals surface area contributed by atoms with Crippen molar-refractivity contribution in [1.82, 2.24) is 9.96 Å². The van der Waals surface area contributed by atoms with Gasteiger partial charge in [-0.25, -0.2) is 0 Å². The molecule has 0 unspecified atom stereocenters. The molecule has 1 aromatic rings. The molecule has 0 aliphatic carbocycles. The summed E-state index contributed by atoms with van der Waals surface area (Å²) in [4.78, 5) is 7.48. The Labute approximate surface area is 101 Å². The van der Waals surface area contributed by atoms with Crippen molar-refractivity contribution in [3.05, 3.63) is 30.3 Å². The highest BCUT2D eigenvalue weighted by atomic mass is 28.3. The second-order valence-electron chi connectivity index (χ2n) is 4.08. The highest BCUT2D eigenvalue weighted by molar-refractivity contribution is 6.87. The molecule has 0 bridgehead atoms. The average Bonchev–Trinajstić information content (AvgIpc) is 2.31. The minimum atomic E-state index is -1.67. The summed E-state index contributed by atoms with van der Waals surface area (Å²) in [6.07, 6.45) is 1.22. The molecule has 2 N–H and O–H groups in total. The zero-order valence-electron chi connectivity index (χ0n) is 10.7. The predicted octanol–water partition coefficient (Wildman–Crippen LogP) is 1.96. The van der Waals surface area contributed by atoms with Crippen molar-refractivity contribution in [1.29, 1.82) is 0 Å². The normalized spacial score (nSPS) is 11.7. The molecular weight excluding hydrogens is 212 g/mol. The van der Waals surface area contributed by atoms with Gasteiger partial charge in [0.25, 0.3) is 0 Å². The van der Waals surface area contributed by atoms with Crippen LogP contribution < -0.4 is 15.2 Å². The number of benzene rings is 1. The van der Waals surface area contributed by atoms with E-state index in [1.54, 1.807) is 0 Å². The van der Waals surface area contributed by atoms with Gasteiger partial charge in [0.15, 0.2) is 0 Å². The molecule has 2 nitrogen and oxygen atoms in total. The molecule has 1 aromatic carbocycles. The van der Waals surface area contributed by atoms with Crippen LogP contribution in [-0.4, -0.2) is 21.5 Å². The van der Waals surface area contributed by atoms with Crippen molar-refractivity contribution in [2.45, 2.75) is 33.2 Å². The number of hydrogen-bond donors (Lipinski definition) is 2. The molecule has 0 saturated carbocycles. The van der Waals surface area contributed by atoms with Crippen LogP contribution in [0.5, 0.6) is 0 Å². The van der Waals surface area contributed by atoms with Gasteiger partial charge < -0.3 is 9.96 Å². The van der Waals surface area contributed by atoms with Crippen molar-refractivity contribution in [3.63, 3.8) is 0 Å². The van der Waals surface area contributed by atoms with E-state index in [-0.39, 0.29) is 0 Å². The molecule has 0 fully saturated rings. The lowest BCUT2D eigenvalue weighted by Crippen LogP contribution is -2.70. The summed E-state index contributed by atoms with van der Waals surface area (Å²) >= 11 is 0. The standard InChI is InChI=1S/C13H24N2Si/c1-4-12-16(14-5-2,15-6-3)13-10-8-7-9-11-13/h7-11,14-15H,4-6,12H2,1-3H3. The van der Waals surface area contributed by atoms with Gasteiger partial charge in [-0.15, -0.1) is 0 Å². The molecule has 0 aromatic heterocycles. The maximum absolute atomic E-state index is 3.74. The molecule has 0 saturated heterocycles. The fourth-order valence-electron chi connectivity index (χ4n) is 2.29.